The van der Waals surface area contributed by atoms with Gasteiger partial charge in [0.2, 0.25) is 0 Å². The highest BCUT2D eigenvalue weighted by molar-refractivity contribution is 5.50. The summed E-state index contributed by atoms with van der Waals surface area (Å²) in [6, 6.07) is 17.4. The summed E-state index contributed by atoms with van der Waals surface area (Å²) in [5.41, 5.74) is 4.37. The molecule has 0 fully saturated rings. The Balaban J connectivity index is 1.93. The van der Waals surface area contributed by atoms with Crippen molar-refractivity contribution < 1.29 is 4.74 Å². The molecule has 18 heavy (non-hydrogen) atoms. The number of fused-ring (bicyclic) bond motifs is 5. The van der Waals surface area contributed by atoms with Gasteiger partial charge >= 0.3 is 0 Å². The lowest BCUT2D eigenvalue weighted by atomic mass is 9.81. The van der Waals surface area contributed by atoms with E-state index in [0.717, 1.165) is 12.2 Å². The van der Waals surface area contributed by atoms with Gasteiger partial charge in [-0.15, -0.1) is 0 Å². The van der Waals surface area contributed by atoms with E-state index in [1.807, 2.05) is 0 Å². The fourth-order valence-electron chi connectivity index (χ4n) is 3.59. The first-order chi connectivity index (χ1) is 8.84. The van der Waals surface area contributed by atoms with Gasteiger partial charge in [-0.05, 0) is 30.5 Å². The predicted molar refractivity (Wildman–Crippen MR) is 72.0 cm³/mol. The Kier molecular flexibility index (Phi) is 2.05. The van der Waals surface area contributed by atoms with Gasteiger partial charge in [0, 0.05) is 17.4 Å². The monoisotopic (exact) mass is 236 g/mol. The average Bonchev–Trinajstić information content (AvgIpc) is 2.79. The SMILES string of the molecule is CC1Oc2ccccc2C2c3ccccc3CC12. The third kappa shape index (κ3) is 1.28. The summed E-state index contributed by atoms with van der Waals surface area (Å²) in [6.07, 6.45) is 1.45. The van der Waals surface area contributed by atoms with E-state index in [1.165, 1.54) is 16.7 Å². The van der Waals surface area contributed by atoms with Crippen molar-refractivity contribution in [2.24, 2.45) is 5.92 Å². The summed E-state index contributed by atoms with van der Waals surface area (Å²) in [4.78, 5) is 0. The van der Waals surface area contributed by atoms with Crippen LogP contribution in [0.15, 0.2) is 48.5 Å². The number of hydrogen-bond acceptors (Lipinski definition) is 1. The van der Waals surface area contributed by atoms with Crippen molar-refractivity contribution in [2.45, 2.75) is 25.4 Å². The van der Waals surface area contributed by atoms with E-state index in [-0.39, 0.29) is 0 Å². The Morgan fingerprint density at radius 2 is 1.67 bits per heavy atom. The Hall–Kier alpha value is -1.76. The van der Waals surface area contributed by atoms with Crippen molar-refractivity contribution >= 4 is 0 Å². The second-order valence-electron chi connectivity index (χ2n) is 5.41. The van der Waals surface area contributed by atoms with Crippen LogP contribution in [-0.4, -0.2) is 6.10 Å². The first kappa shape index (κ1) is 10.2. The Labute approximate surface area is 107 Å². The van der Waals surface area contributed by atoms with Crippen LogP contribution >= 0.6 is 0 Å². The van der Waals surface area contributed by atoms with E-state index >= 15 is 0 Å². The van der Waals surface area contributed by atoms with Crippen LogP contribution in [0.25, 0.3) is 0 Å². The molecule has 0 spiro atoms. The molecule has 1 aliphatic carbocycles. The molecule has 0 saturated heterocycles. The van der Waals surface area contributed by atoms with E-state index in [0.29, 0.717) is 17.9 Å². The molecular formula is C17H16O. The zero-order chi connectivity index (χ0) is 12.1. The summed E-state index contributed by atoms with van der Waals surface area (Å²) < 4.78 is 6.08. The van der Waals surface area contributed by atoms with Gasteiger partial charge in [0.1, 0.15) is 5.75 Å². The zero-order valence-corrected chi connectivity index (χ0v) is 10.5. The number of rotatable bonds is 0. The van der Waals surface area contributed by atoms with Crippen LogP contribution in [0, 0.1) is 5.92 Å². The maximum atomic E-state index is 6.08. The van der Waals surface area contributed by atoms with E-state index in [4.69, 9.17) is 4.74 Å². The van der Waals surface area contributed by atoms with Gasteiger partial charge in [0.15, 0.2) is 0 Å². The molecule has 2 aromatic rings. The molecule has 1 aliphatic heterocycles. The van der Waals surface area contributed by atoms with Crippen molar-refractivity contribution in [3.05, 3.63) is 65.2 Å². The quantitative estimate of drug-likeness (QED) is 0.676. The fraction of sp³-hybridized carbons (Fsp3) is 0.294. The molecule has 0 aromatic heterocycles. The topological polar surface area (TPSA) is 9.23 Å². The molecule has 3 atom stereocenters. The van der Waals surface area contributed by atoms with Gasteiger partial charge in [0.05, 0.1) is 6.10 Å². The normalized spacial score (nSPS) is 27.9. The van der Waals surface area contributed by atoms with E-state index in [2.05, 4.69) is 55.5 Å². The molecule has 1 nitrogen and oxygen atoms in total. The Bertz CT molecular complexity index is 602. The third-order valence-corrected chi connectivity index (χ3v) is 4.44. The highest BCUT2D eigenvalue weighted by Crippen LogP contribution is 2.50. The zero-order valence-electron chi connectivity index (χ0n) is 10.5. The average molecular weight is 236 g/mol. The molecule has 90 valence electrons. The summed E-state index contributed by atoms with van der Waals surface area (Å²) in [7, 11) is 0. The lowest BCUT2D eigenvalue weighted by molar-refractivity contribution is 0.124. The summed E-state index contributed by atoms with van der Waals surface area (Å²) in [5, 5.41) is 0. The molecule has 0 saturated carbocycles. The Morgan fingerprint density at radius 1 is 0.944 bits per heavy atom. The summed E-state index contributed by atoms with van der Waals surface area (Å²) >= 11 is 0. The van der Waals surface area contributed by atoms with Crippen LogP contribution in [-0.2, 0) is 6.42 Å². The van der Waals surface area contributed by atoms with Crippen LogP contribution in [0.1, 0.15) is 29.5 Å². The smallest absolute Gasteiger partial charge is 0.123 e. The predicted octanol–water partition coefficient (Wildman–Crippen LogP) is 3.77. The lowest BCUT2D eigenvalue weighted by Gasteiger charge is -2.34. The number of ether oxygens (including phenoxy) is 1. The molecular weight excluding hydrogens is 220 g/mol. The maximum Gasteiger partial charge on any atom is 0.123 e. The van der Waals surface area contributed by atoms with Crippen LogP contribution in [0.3, 0.4) is 0 Å². The minimum absolute atomic E-state index is 0.303. The highest BCUT2D eigenvalue weighted by Gasteiger charge is 2.41. The van der Waals surface area contributed by atoms with Crippen molar-refractivity contribution in [1.82, 2.24) is 0 Å². The Morgan fingerprint density at radius 3 is 2.56 bits per heavy atom. The minimum Gasteiger partial charge on any atom is -0.490 e. The van der Waals surface area contributed by atoms with Gasteiger partial charge in [-0.2, -0.15) is 0 Å². The van der Waals surface area contributed by atoms with Gasteiger partial charge in [-0.1, -0.05) is 42.5 Å². The second kappa shape index (κ2) is 3.61. The van der Waals surface area contributed by atoms with Crippen molar-refractivity contribution in [3.63, 3.8) is 0 Å². The molecule has 2 aliphatic rings. The standard InChI is InChI=1S/C17H16O/c1-11-15-10-12-6-2-3-7-13(12)17(15)14-8-4-5-9-16(14)18-11/h2-9,11,15,17H,10H2,1H3. The van der Waals surface area contributed by atoms with E-state index in [1.54, 1.807) is 0 Å². The molecule has 3 unspecified atom stereocenters. The molecule has 0 bridgehead atoms. The summed E-state index contributed by atoms with van der Waals surface area (Å²) in [6.45, 7) is 2.21. The third-order valence-electron chi connectivity index (χ3n) is 4.44. The number of hydrogen-bond donors (Lipinski definition) is 0. The molecule has 1 heteroatoms. The summed E-state index contributed by atoms with van der Waals surface area (Å²) in [5.74, 6) is 2.20. The van der Waals surface area contributed by atoms with E-state index in [9.17, 15) is 0 Å². The van der Waals surface area contributed by atoms with Crippen LogP contribution in [0.5, 0.6) is 5.75 Å². The lowest BCUT2D eigenvalue weighted by Crippen LogP contribution is -2.32. The first-order valence-electron chi connectivity index (χ1n) is 6.68. The number of para-hydroxylation sites is 1. The van der Waals surface area contributed by atoms with E-state index < -0.39 is 0 Å². The van der Waals surface area contributed by atoms with Gasteiger partial charge in [-0.3, -0.25) is 0 Å². The molecule has 0 radical (unpaired) electrons. The van der Waals surface area contributed by atoms with Crippen LogP contribution in [0.2, 0.25) is 0 Å². The number of benzene rings is 2. The molecule has 0 amide bonds. The minimum atomic E-state index is 0.303. The van der Waals surface area contributed by atoms with Gasteiger partial charge in [0.25, 0.3) is 0 Å². The van der Waals surface area contributed by atoms with Crippen molar-refractivity contribution in [1.29, 1.82) is 0 Å². The largest absolute Gasteiger partial charge is 0.490 e. The fourth-order valence-corrected chi connectivity index (χ4v) is 3.59. The molecule has 2 aromatic carbocycles. The van der Waals surface area contributed by atoms with Crippen LogP contribution < -0.4 is 4.74 Å². The van der Waals surface area contributed by atoms with Gasteiger partial charge < -0.3 is 4.74 Å². The maximum absolute atomic E-state index is 6.08. The van der Waals surface area contributed by atoms with Crippen molar-refractivity contribution in [2.75, 3.05) is 0 Å². The first-order valence-corrected chi connectivity index (χ1v) is 6.68. The molecule has 1 heterocycles. The van der Waals surface area contributed by atoms with Crippen LogP contribution in [0.4, 0.5) is 0 Å². The van der Waals surface area contributed by atoms with Gasteiger partial charge in [-0.25, -0.2) is 0 Å². The molecule has 0 N–H and O–H groups in total. The van der Waals surface area contributed by atoms with Crippen molar-refractivity contribution in [3.8, 4) is 5.75 Å². The molecule has 4 rings (SSSR count). The second-order valence-corrected chi connectivity index (χ2v) is 5.41. The highest BCUT2D eigenvalue weighted by atomic mass is 16.5.